The summed E-state index contributed by atoms with van der Waals surface area (Å²) in [4.78, 5) is 0. The van der Waals surface area contributed by atoms with Gasteiger partial charge in [0.25, 0.3) is 0 Å². The molecular formula is C30H27BClNO2. The van der Waals surface area contributed by atoms with E-state index in [1.165, 1.54) is 11.1 Å². The van der Waals surface area contributed by atoms with Crippen molar-refractivity contribution in [1.29, 1.82) is 0 Å². The second-order valence-electron chi connectivity index (χ2n) is 10.3. The Morgan fingerprint density at radius 2 is 1.37 bits per heavy atom. The number of aromatic nitrogens is 1. The molecule has 0 atom stereocenters. The maximum atomic E-state index is 6.79. The van der Waals surface area contributed by atoms with Gasteiger partial charge in [-0.25, -0.2) is 0 Å². The van der Waals surface area contributed by atoms with Gasteiger partial charge in [0.05, 0.1) is 27.3 Å². The lowest BCUT2D eigenvalue weighted by atomic mass is 9.78. The maximum Gasteiger partial charge on any atom is 0.494 e. The molecule has 4 aromatic carbocycles. The average Bonchev–Trinajstić information content (AvgIpc) is 3.29. The van der Waals surface area contributed by atoms with Gasteiger partial charge < -0.3 is 13.9 Å². The Hall–Kier alpha value is -3.05. The van der Waals surface area contributed by atoms with E-state index in [0.717, 1.165) is 38.0 Å². The average molecular weight is 480 g/mol. The number of hydrogen-bond acceptors (Lipinski definition) is 2. The van der Waals surface area contributed by atoms with Gasteiger partial charge >= 0.3 is 7.12 Å². The molecule has 1 saturated heterocycles. The molecule has 0 radical (unpaired) electrons. The summed E-state index contributed by atoms with van der Waals surface area (Å²) in [7, 11) is -0.424. The standard InChI is InChI=1S/C30H27BClNO2/c1-29(2)30(3,4)35-31(34-29)22-16-17-26-24(19-22)28-25(32)14-9-15-27(28)33(26)23-13-8-12-21(18-23)20-10-6-5-7-11-20/h5-19H,1-4H3. The molecule has 0 aliphatic carbocycles. The molecule has 3 nitrogen and oxygen atoms in total. The molecule has 2 heterocycles. The van der Waals surface area contributed by atoms with E-state index in [1.807, 2.05) is 18.2 Å². The van der Waals surface area contributed by atoms with E-state index in [1.54, 1.807) is 0 Å². The molecular weight excluding hydrogens is 453 g/mol. The highest BCUT2D eigenvalue weighted by molar-refractivity contribution is 6.62. The summed E-state index contributed by atoms with van der Waals surface area (Å²) in [6, 6.07) is 31.6. The molecule has 1 fully saturated rings. The third-order valence-corrected chi connectivity index (χ3v) is 7.82. The van der Waals surface area contributed by atoms with Crippen molar-refractivity contribution < 1.29 is 9.31 Å². The van der Waals surface area contributed by atoms with Crippen molar-refractivity contribution >= 4 is 46.0 Å². The predicted molar refractivity (Wildman–Crippen MR) is 147 cm³/mol. The number of benzene rings is 4. The summed E-state index contributed by atoms with van der Waals surface area (Å²) in [5.41, 5.74) is 5.84. The zero-order valence-corrected chi connectivity index (χ0v) is 21.1. The smallest absolute Gasteiger partial charge is 0.399 e. The van der Waals surface area contributed by atoms with Gasteiger partial charge in [-0.2, -0.15) is 0 Å². The second kappa shape index (κ2) is 7.99. The van der Waals surface area contributed by atoms with Gasteiger partial charge in [0, 0.05) is 16.5 Å². The largest absolute Gasteiger partial charge is 0.494 e. The Kier molecular flexibility index (Phi) is 5.12. The van der Waals surface area contributed by atoms with Crippen LogP contribution in [0.5, 0.6) is 0 Å². The third kappa shape index (κ3) is 3.60. The van der Waals surface area contributed by atoms with Crippen LogP contribution in [0.3, 0.4) is 0 Å². The fourth-order valence-corrected chi connectivity index (χ4v) is 5.17. The lowest BCUT2D eigenvalue weighted by Crippen LogP contribution is -2.41. The summed E-state index contributed by atoms with van der Waals surface area (Å²) in [6.07, 6.45) is 0. The fraction of sp³-hybridized carbons (Fsp3) is 0.200. The van der Waals surface area contributed by atoms with Gasteiger partial charge in [0.1, 0.15) is 0 Å². The Balaban J connectivity index is 1.55. The highest BCUT2D eigenvalue weighted by atomic mass is 35.5. The molecule has 1 aliphatic rings. The normalized spacial score (nSPS) is 16.9. The van der Waals surface area contributed by atoms with Crippen LogP contribution in [0.1, 0.15) is 27.7 Å². The first-order chi connectivity index (χ1) is 16.7. The van der Waals surface area contributed by atoms with Crippen LogP contribution in [0.4, 0.5) is 0 Å². The highest BCUT2D eigenvalue weighted by Gasteiger charge is 2.51. The van der Waals surface area contributed by atoms with Gasteiger partial charge in [0.2, 0.25) is 0 Å². The fourth-order valence-electron chi connectivity index (χ4n) is 4.90. The van der Waals surface area contributed by atoms with Crippen LogP contribution >= 0.6 is 11.6 Å². The number of halogens is 1. The van der Waals surface area contributed by atoms with E-state index < -0.39 is 18.3 Å². The molecule has 0 spiro atoms. The molecule has 0 saturated carbocycles. The van der Waals surface area contributed by atoms with Crippen LogP contribution < -0.4 is 5.46 Å². The predicted octanol–water partition coefficient (Wildman–Crippen LogP) is 7.40. The van der Waals surface area contributed by atoms with Crippen LogP contribution in [-0.2, 0) is 9.31 Å². The van der Waals surface area contributed by atoms with Crippen molar-refractivity contribution in [2.45, 2.75) is 38.9 Å². The minimum absolute atomic E-state index is 0.393. The van der Waals surface area contributed by atoms with Crippen molar-refractivity contribution in [3.05, 3.63) is 96.0 Å². The Morgan fingerprint density at radius 1 is 0.686 bits per heavy atom. The van der Waals surface area contributed by atoms with Gasteiger partial charge in [0.15, 0.2) is 0 Å². The maximum absolute atomic E-state index is 6.79. The minimum atomic E-state index is -0.424. The van der Waals surface area contributed by atoms with E-state index in [4.69, 9.17) is 20.9 Å². The van der Waals surface area contributed by atoms with Crippen molar-refractivity contribution in [1.82, 2.24) is 4.57 Å². The van der Waals surface area contributed by atoms with Crippen LogP contribution in [0.2, 0.25) is 5.02 Å². The Bertz CT molecular complexity index is 1560. The molecule has 35 heavy (non-hydrogen) atoms. The SMILES string of the molecule is CC1(C)OB(c2ccc3c(c2)c2c(Cl)cccc2n3-c2cccc(-c3ccccc3)c2)OC1(C)C. The second-order valence-corrected chi connectivity index (χ2v) is 10.7. The van der Waals surface area contributed by atoms with Crippen LogP contribution in [0.25, 0.3) is 38.6 Å². The lowest BCUT2D eigenvalue weighted by Gasteiger charge is -2.32. The monoisotopic (exact) mass is 479 g/mol. The summed E-state index contributed by atoms with van der Waals surface area (Å²) in [6.45, 7) is 8.31. The lowest BCUT2D eigenvalue weighted by molar-refractivity contribution is 0.00578. The quantitative estimate of drug-likeness (QED) is 0.252. The summed E-state index contributed by atoms with van der Waals surface area (Å²) < 4.78 is 15.0. The summed E-state index contributed by atoms with van der Waals surface area (Å²) in [5.74, 6) is 0. The first kappa shape index (κ1) is 22.4. The van der Waals surface area contributed by atoms with Gasteiger partial charge in [-0.05, 0) is 74.6 Å². The van der Waals surface area contributed by atoms with E-state index in [9.17, 15) is 0 Å². The van der Waals surface area contributed by atoms with Gasteiger partial charge in [-0.1, -0.05) is 72.3 Å². The molecule has 0 bridgehead atoms. The van der Waals surface area contributed by atoms with Gasteiger partial charge in [-0.3, -0.25) is 0 Å². The Labute approximate surface area is 211 Å². The molecule has 1 aromatic heterocycles. The van der Waals surface area contributed by atoms with Crippen molar-refractivity contribution in [3.63, 3.8) is 0 Å². The molecule has 6 rings (SSSR count). The molecule has 0 unspecified atom stereocenters. The number of nitrogens with zero attached hydrogens (tertiary/aromatic N) is 1. The third-order valence-electron chi connectivity index (χ3n) is 7.50. The van der Waals surface area contributed by atoms with Crippen molar-refractivity contribution in [3.8, 4) is 16.8 Å². The van der Waals surface area contributed by atoms with E-state index in [2.05, 4.69) is 105 Å². The first-order valence-electron chi connectivity index (χ1n) is 12.0. The first-order valence-corrected chi connectivity index (χ1v) is 12.4. The molecule has 174 valence electrons. The van der Waals surface area contributed by atoms with E-state index in [0.29, 0.717) is 0 Å². The number of fused-ring (bicyclic) bond motifs is 3. The van der Waals surface area contributed by atoms with Crippen molar-refractivity contribution in [2.24, 2.45) is 0 Å². The van der Waals surface area contributed by atoms with Crippen molar-refractivity contribution in [2.75, 3.05) is 0 Å². The van der Waals surface area contributed by atoms with Crippen LogP contribution in [-0.4, -0.2) is 22.9 Å². The van der Waals surface area contributed by atoms with E-state index in [-0.39, 0.29) is 0 Å². The minimum Gasteiger partial charge on any atom is -0.399 e. The molecule has 5 heteroatoms. The number of rotatable bonds is 3. The van der Waals surface area contributed by atoms with Crippen LogP contribution in [0, 0.1) is 0 Å². The molecule has 0 amide bonds. The van der Waals surface area contributed by atoms with E-state index >= 15 is 0 Å². The molecule has 5 aromatic rings. The highest BCUT2D eigenvalue weighted by Crippen LogP contribution is 2.39. The van der Waals surface area contributed by atoms with Crippen LogP contribution in [0.15, 0.2) is 91.0 Å². The molecule has 0 N–H and O–H groups in total. The topological polar surface area (TPSA) is 23.4 Å². The zero-order valence-electron chi connectivity index (χ0n) is 20.4. The van der Waals surface area contributed by atoms with Gasteiger partial charge in [-0.15, -0.1) is 0 Å². The Morgan fingerprint density at radius 3 is 2.11 bits per heavy atom. The number of hydrogen-bond donors (Lipinski definition) is 0. The summed E-state index contributed by atoms with van der Waals surface area (Å²) >= 11 is 6.79. The molecule has 1 aliphatic heterocycles. The summed E-state index contributed by atoms with van der Waals surface area (Å²) in [5, 5.41) is 2.85. The zero-order chi connectivity index (χ0) is 24.4.